The van der Waals surface area contributed by atoms with E-state index >= 15 is 0 Å². The Morgan fingerprint density at radius 1 is 1.19 bits per heavy atom. The largest absolute Gasteiger partial charge is 0.395 e. The number of fused-ring (bicyclic) bond motifs is 1. The number of hydrogen-bond donors (Lipinski definition) is 4. The van der Waals surface area contributed by atoms with Gasteiger partial charge >= 0.3 is 0 Å². The maximum absolute atomic E-state index is 10.3. The summed E-state index contributed by atoms with van der Waals surface area (Å²) in [4.78, 5) is 1.99. The van der Waals surface area contributed by atoms with Gasteiger partial charge in [0.25, 0.3) is 0 Å². The third kappa shape index (κ3) is 2.54. The summed E-state index contributed by atoms with van der Waals surface area (Å²) in [6.07, 6.45) is -2.71. The van der Waals surface area contributed by atoms with E-state index in [2.05, 4.69) is 0 Å². The first-order valence-electron chi connectivity index (χ1n) is 6.89. The Labute approximate surface area is 132 Å². The number of anilines is 1. The monoisotopic (exact) mass is 331 g/mol. The Morgan fingerprint density at radius 2 is 1.95 bits per heavy atom. The molecule has 1 fully saturated rings. The van der Waals surface area contributed by atoms with Crippen LogP contribution in [0, 0.1) is 0 Å². The fraction of sp³-hybridized carbons (Fsp3) is 0.571. The number of nitrogens with zero attached hydrogens (tertiary/aromatic N) is 1. The van der Waals surface area contributed by atoms with Crippen molar-refractivity contribution in [1.82, 2.24) is 0 Å². The smallest absolute Gasteiger partial charge is 0.112 e. The molecule has 3 rings (SSSR count). The van der Waals surface area contributed by atoms with Crippen LogP contribution in [0.25, 0.3) is 0 Å². The van der Waals surface area contributed by atoms with Gasteiger partial charge in [0.05, 0.1) is 18.0 Å². The molecule has 0 aliphatic carbocycles. The van der Waals surface area contributed by atoms with Crippen molar-refractivity contribution < 1.29 is 20.4 Å². The minimum absolute atomic E-state index is 0.248. The van der Waals surface area contributed by atoms with Gasteiger partial charge < -0.3 is 25.3 Å². The number of aliphatic hydroxyl groups excluding tert-OH is 4. The first-order chi connectivity index (χ1) is 10.0. The molecule has 2 aliphatic rings. The molecule has 7 heteroatoms. The van der Waals surface area contributed by atoms with Crippen LogP contribution in [0.5, 0.6) is 0 Å². The first kappa shape index (κ1) is 15.4. The maximum Gasteiger partial charge on any atom is 0.112 e. The minimum atomic E-state index is -1.27. The highest BCUT2D eigenvalue weighted by molar-refractivity contribution is 8.00. The summed E-state index contributed by atoms with van der Waals surface area (Å²) in [6, 6.07) is 5.63. The number of halogens is 1. The van der Waals surface area contributed by atoms with Gasteiger partial charge in [0.1, 0.15) is 17.6 Å². The summed E-state index contributed by atoms with van der Waals surface area (Å²) in [6.45, 7) is 0.442. The number of rotatable bonds is 2. The number of aliphatic hydroxyl groups is 4. The fourth-order valence-corrected chi connectivity index (χ4v) is 4.74. The molecule has 0 aromatic heterocycles. The van der Waals surface area contributed by atoms with Gasteiger partial charge in [-0.1, -0.05) is 17.7 Å². The molecule has 21 heavy (non-hydrogen) atoms. The third-order valence-electron chi connectivity index (χ3n) is 4.18. The van der Waals surface area contributed by atoms with Crippen molar-refractivity contribution in [2.45, 2.75) is 35.4 Å². The molecule has 2 heterocycles. The van der Waals surface area contributed by atoms with Crippen LogP contribution in [-0.4, -0.2) is 62.5 Å². The fourth-order valence-electron chi connectivity index (χ4n) is 3.02. The van der Waals surface area contributed by atoms with E-state index in [4.69, 9.17) is 11.6 Å². The van der Waals surface area contributed by atoms with Crippen LogP contribution in [0.4, 0.5) is 5.69 Å². The summed E-state index contributed by atoms with van der Waals surface area (Å²) >= 11 is 7.48. The lowest BCUT2D eigenvalue weighted by Crippen LogP contribution is -2.58. The van der Waals surface area contributed by atoms with Gasteiger partial charge in [0.15, 0.2) is 0 Å². The maximum atomic E-state index is 10.3. The molecular formula is C14H18ClNO4S. The zero-order chi connectivity index (χ0) is 15.1. The van der Waals surface area contributed by atoms with E-state index in [0.717, 1.165) is 17.7 Å². The zero-order valence-corrected chi connectivity index (χ0v) is 12.8. The van der Waals surface area contributed by atoms with Gasteiger partial charge in [-0.25, -0.2) is 0 Å². The molecule has 0 unspecified atom stereocenters. The van der Waals surface area contributed by atoms with Gasteiger partial charge in [-0.2, -0.15) is 0 Å². The second-order valence-corrected chi connectivity index (χ2v) is 7.17. The van der Waals surface area contributed by atoms with Gasteiger partial charge in [-0.05, 0) is 24.1 Å². The van der Waals surface area contributed by atoms with Crippen LogP contribution in [0.15, 0.2) is 18.2 Å². The molecule has 1 aromatic carbocycles. The van der Waals surface area contributed by atoms with Crippen molar-refractivity contribution in [3.8, 4) is 0 Å². The average Bonchev–Trinajstić information content (AvgIpc) is 2.91. The highest BCUT2D eigenvalue weighted by Crippen LogP contribution is 2.41. The van der Waals surface area contributed by atoms with Crippen LogP contribution < -0.4 is 4.90 Å². The highest BCUT2D eigenvalue weighted by atomic mass is 35.5. The molecule has 1 saturated heterocycles. The SMILES string of the molecule is OC[C@@H]1S[C@H](N2CCc3c(Cl)cccc32)[C@H](O)[C@@H](O)[C@@H]1O. The number of hydrogen-bond acceptors (Lipinski definition) is 6. The summed E-state index contributed by atoms with van der Waals surface area (Å²) in [7, 11) is 0. The molecule has 0 bridgehead atoms. The van der Waals surface area contributed by atoms with Crippen LogP contribution in [0.2, 0.25) is 5.02 Å². The molecule has 0 amide bonds. The average molecular weight is 332 g/mol. The minimum Gasteiger partial charge on any atom is -0.395 e. The van der Waals surface area contributed by atoms with Crippen molar-refractivity contribution in [3.05, 3.63) is 28.8 Å². The molecule has 5 atom stereocenters. The van der Waals surface area contributed by atoms with Gasteiger partial charge in [0.2, 0.25) is 0 Å². The lowest BCUT2D eigenvalue weighted by Gasteiger charge is -2.44. The van der Waals surface area contributed by atoms with Crippen LogP contribution >= 0.6 is 23.4 Å². The summed E-state index contributed by atoms with van der Waals surface area (Å²) in [5.74, 6) is 0. The predicted molar refractivity (Wildman–Crippen MR) is 82.8 cm³/mol. The Balaban J connectivity index is 1.90. The van der Waals surface area contributed by atoms with E-state index in [-0.39, 0.29) is 6.61 Å². The normalized spacial score (nSPS) is 35.9. The third-order valence-corrected chi connectivity index (χ3v) is 6.12. The van der Waals surface area contributed by atoms with E-state index in [1.807, 2.05) is 23.1 Å². The molecule has 0 radical (unpaired) electrons. The Morgan fingerprint density at radius 3 is 2.67 bits per heavy atom. The summed E-state index contributed by atoms with van der Waals surface area (Å²) in [5.41, 5.74) is 1.98. The Kier molecular flexibility index (Phi) is 4.36. The molecule has 0 spiro atoms. The van der Waals surface area contributed by atoms with E-state index in [0.29, 0.717) is 11.6 Å². The van der Waals surface area contributed by atoms with Crippen molar-refractivity contribution in [2.24, 2.45) is 0 Å². The molecule has 116 valence electrons. The highest BCUT2D eigenvalue weighted by Gasteiger charge is 2.46. The molecule has 0 saturated carbocycles. The van der Waals surface area contributed by atoms with Crippen molar-refractivity contribution in [1.29, 1.82) is 0 Å². The molecule has 2 aliphatic heterocycles. The second kappa shape index (κ2) is 5.95. The van der Waals surface area contributed by atoms with Crippen molar-refractivity contribution in [3.63, 3.8) is 0 Å². The Hall–Kier alpha value is -0.500. The lowest BCUT2D eigenvalue weighted by atomic mass is 10.0. The van der Waals surface area contributed by atoms with Crippen molar-refractivity contribution in [2.75, 3.05) is 18.1 Å². The zero-order valence-electron chi connectivity index (χ0n) is 11.3. The van der Waals surface area contributed by atoms with E-state index in [1.165, 1.54) is 11.8 Å². The Bertz CT molecular complexity index is 530. The van der Waals surface area contributed by atoms with Crippen LogP contribution in [0.1, 0.15) is 5.56 Å². The van der Waals surface area contributed by atoms with Gasteiger partial charge in [-0.3, -0.25) is 0 Å². The lowest BCUT2D eigenvalue weighted by molar-refractivity contribution is -0.0696. The number of benzene rings is 1. The van der Waals surface area contributed by atoms with Crippen LogP contribution in [-0.2, 0) is 6.42 Å². The molecule has 4 N–H and O–H groups in total. The topological polar surface area (TPSA) is 84.2 Å². The number of thioether (sulfide) groups is 1. The molecule has 1 aromatic rings. The quantitative estimate of drug-likeness (QED) is 0.620. The first-order valence-corrected chi connectivity index (χ1v) is 8.21. The molecule has 5 nitrogen and oxygen atoms in total. The molecular weight excluding hydrogens is 314 g/mol. The second-order valence-electron chi connectivity index (χ2n) is 5.40. The standard InChI is InChI=1S/C14H18ClNO4S/c15-8-2-1-3-9-7(8)4-5-16(9)14-13(20)12(19)11(18)10(6-17)21-14/h1-3,10-14,17-20H,4-6H2/t10-,11+,12-,13+,14-/m0/s1. The summed E-state index contributed by atoms with van der Waals surface area (Å²) < 4.78 is 0. The van der Waals surface area contributed by atoms with E-state index in [1.54, 1.807) is 0 Å². The predicted octanol–water partition coefficient (Wildman–Crippen LogP) is 0.219. The van der Waals surface area contributed by atoms with Crippen molar-refractivity contribution >= 4 is 29.1 Å². The van der Waals surface area contributed by atoms with Gasteiger partial charge in [0, 0.05) is 17.3 Å². The van der Waals surface area contributed by atoms with E-state index < -0.39 is 28.9 Å². The van der Waals surface area contributed by atoms with Gasteiger partial charge in [-0.15, -0.1) is 11.8 Å². The van der Waals surface area contributed by atoms with E-state index in [9.17, 15) is 20.4 Å². The summed E-state index contributed by atoms with van der Waals surface area (Å²) in [5, 5.41) is 39.3. The van der Waals surface area contributed by atoms with Crippen LogP contribution in [0.3, 0.4) is 0 Å².